The highest BCUT2D eigenvalue weighted by atomic mass is 19.1. The number of benzene rings is 2. The molecule has 4 heteroatoms. The van der Waals surface area contributed by atoms with E-state index in [0.717, 1.165) is 27.9 Å². The van der Waals surface area contributed by atoms with E-state index in [0.29, 0.717) is 5.69 Å². The third kappa shape index (κ3) is 3.09. The number of hydrogen-bond donors (Lipinski definition) is 0. The molecule has 0 radical (unpaired) electrons. The molecule has 0 bridgehead atoms. The zero-order chi connectivity index (χ0) is 17.9. The summed E-state index contributed by atoms with van der Waals surface area (Å²) in [7, 11) is 0. The molecule has 0 amide bonds. The predicted molar refractivity (Wildman–Crippen MR) is 98.3 cm³/mol. The number of hydrogen-bond acceptors (Lipinski definition) is 2. The van der Waals surface area contributed by atoms with Crippen LogP contribution < -0.4 is 0 Å². The third-order valence-electron chi connectivity index (χ3n) is 4.15. The van der Waals surface area contributed by atoms with Gasteiger partial charge in [0, 0.05) is 18.0 Å². The summed E-state index contributed by atoms with van der Waals surface area (Å²) in [6.45, 7) is 0. The number of aromatic nitrogens is 2. The Labute approximate surface area is 149 Å². The molecular weight excluding hydrogens is 330 g/mol. The van der Waals surface area contributed by atoms with E-state index in [9.17, 15) is 8.78 Å². The maximum absolute atomic E-state index is 13.4. The normalized spacial score (nSPS) is 10.7. The second-order valence-electron chi connectivity index (χ2n) is 5.81. The van der Waals surface area contributed by atoms with Gasteiger partial charge in [0.25, 0.3) is 0 Å². The van der Waals surface area contributed by atoms with Crippen molar-refractivity contribution in [1.29, 1.82) is 0 Å². The van der Waals surface area contributed by atoms with Gasteiger partial charge in [0.1, 0.15) is 11.6 Å². The Hall–Kier alpha value is -3.40. The number of rotatable bonds is 3. The maximum Gasteiger partial charge on any atom is 0.123 e. The van der Waals surface area contributed by atoms with Crippen LogP contribution in [0.3, 0.4) is 0 Å². The Balaban J connectivity index is 2.00. The van der Waals surface area contributed by atoms with Crippen LogP contribution in [0.1, 0.15) is 0 Å². The first-order valence-electron chi connectivity index (χ1n) is 8.14. The van der Waals surface area contributed by atoms with E-state index in [2.05, 4.69) is 9.97 Å². The fourth-order valence-electron chi connectivity index (χ4n) is 2.94. The minimum Gasteiger partial charge on any atom is -0.255 e. The van der Waals surface area contributed by atoms with Crippen molar-refractivity contribution < 1.29 is 8.78 Å². The summed E-state index contributed by atoms with van der Waals surface area (Å²) in [5, 5.41) is 0. The zero-order valence-corrected chi connectivity index (χ0v) is 13.7. The molecule has 0 unspecified atom stereocenters. The van der Waals surface area contributed by atoms with E-state index in [1.165, 1.54) is 24.3 Å². The van der Waals surface area contributed by atoms with E-state index < -0.39 is 0 Å². The van der Waals surface area contributed by atoms with Gasteiger partial charge in [0.2, 0.25) is 0 Å². The average molecular weight is 344 g/mol. The van der Waals surface area contributed by atoms with Crippen molar-refractivity contribution in [1.82, 2.24) is 9.97 Å². The fourth-order valence-corrected chi connectivity index (χ4v) is 2.94. The Kier molecular flexibility index (Phi) is 4.23. The Morgan fingerprint density at radius 3 is 1.85 bits per heavy atom. The highest BCUT2D eigenvalue weighted by molar-refractivity contribution is 5.91. The van der Waals surface area contributed by atoms with E-state index in [4.69, 9.17) is 0 Å². The van der Waals surface area contributed by atoms with Crippen molar-refractivity contribution >= 4 is 0 Å². The molecule has 4 rings (SSSR count). The summed E-state index contributed by atoms with van der Waals surface area (Å²) in [5.41, 5.74) is 4.80. The second-order valence-corrected chi connectivity index (χ2v) is 5.81. The molecule has 2 aromatic heterocycles. The number of pyridine rings is 2. The molecule has 126 valence electrons. The minimum atomic E-state index is -0.305. The lowest BCUT2D eigenvalue weighted by atomic mass is 9.92. The third-order valence-corrected chi connectivity index (χ3v) is 4.15. The average Bonchev–Trinajstić information content (AvgIpc) is 2.69. The first-order valence-corrected chi connectivity index (χ1v) is 8.14. The van der Waals surface area contributed by atoms with E-state index in [1.807, 2.05) is 24.3 Å². The van der Waals surface area contributed by atoms with Crippen LogP contribution in [0.5, 0.6) is 0 Å². The van der Waals surface area contributed by atoms with Gasteiger partial charge in [-0.05, 0) is 59.2 Å². The SMILES string of the molecule is Fc1ccc(-c2ccnc(-c3ccccn3)c2-c2ccc(F)cc2)cc1. The summed E-state index contributed by atoms with van der Waals surface area (Å²) in [6.07, 6.45) is 3.41. The van der Waals surface area contributed by atoms with Crippen molar-refractivity contribution in [3.63, 3.8) is 0 Å². The summed E-state index contributed by atoms with van der Waals surface area (Å²) in [6, 6.07) is 20.0. The zero-order valence-electron chi connectivity index (χ0n) is 13.7. The molecule has 0 aliphatic rings. The lowest BCUT2D eigenvalue weighted by molar-refractivity contribution is 0.627. The molecule has 0 atom stereocenters. The summed E-state index contributed by atoms with van der Waals surface area (Å²) in [4.78, 5) is 8.93. The molecule has 2 heterocycles. The lowest BCUT2D eigenvalue weighted by Gasteiger charge is -2.14. The molecule has 0 aliphatic carbocycles. The molecule has 0 aliphatic heterocycles. The van der Waals surface area contributed by atoms with Crippen LogP contribution in [0.4, 0.5) is 8.78 Å². The highest BCUT2D eigenvalue weighted by Crippen LogP contribution is 2.38. The molecule has 0 spiro atoms. The summed E-state index contributed by atoms with van der Waals surface area (Å²) < 4.78 is 26.8. The predicted octanol–water partition coefficient (Wildman–Crippen LogP) is 5.76. The topological polar surface area (TPSA) is 25.8 Å². The minimum absolute atomic E-state index is 0.295. The first-order chi connectivity index (χ1) is 12.7. The molecule has 4 aromatic rings. The molecular formula is C22H14F2N2. The Bertz CT molecular complexity index is 1030. The molecule has 2 nitrogen and oxygen atoms in total. The van der Waals surface area contributed by atoms with Crippen molar-refractivity contribution in [3.05, 3.63) is 96.8 Å². The van der Waals surface area contributed by atoms with Gasteiger partial charge in [-0.2, -0.15) is 0 Å². The smallest absolute Gasteiger partial charge is 0.123 e. The van der Waals surface area contributed by atoms with Gasteiger partial charge >= 0.3 is 0 Å². The first kappa shape index (κ1) is 16.1. The van der Waals surface area contributed by atoms with Gasteiger partial charge in [-0.1, -0.05) is 30.3 Å². The monoisotopic (exact) mass is 344 g/mol. The Morgan fingerprint density at radius 1 is 0.577 bits per heavy atom. The van der Waals surface area contributed by atoms with Crippen LogP contribution >= 0.6 is 0 Å². The summed E-state index contributed by atoms with van der Waals surface area (Å²) in [5.74, 6) is -0.601. The molecule has 0 fully saturated rings. The van der Waals surface area contributed by atoms with E-state index >= 15 is 0 Å². The Morgan fingerprint density at radius 2 is 1.23 bits per heavy atom. The van der Waals surface area contributed by atoms with Crippen molar-refractivity contribution in [2.75, 3.05) is 0 Å². The van der Waals surface area contributed by atoms with E-state index in [1.54, 1.807) is 36.7 Å². The van der Waals surface area contributed by atoms with Gasteiger partial charge in [0.15, 0.2) is 0 Å². The van der Waals surface area contributed by atoms with Gasteiger partial charge < -0.3 is 0 Å². The largest absolute Gasteiger partial charge is 0.255 e. The van der Waals surface area contributed by atoms with Gasteiger partial charge in [0.05, 0.1) is 11.4 Å². The molecule has 0 N–H and O–H groups in total. The van der Waals surface area contributed by atoms with Gasteiger partial charge in [-0.25, -0.2) is 8.78 Å². The van der Waals surface area contributed by atoms with Crippen LogP contribution in [0.2, 0.25) is 0 Å². The quantitative estimate of drug-likeness (QED) is 0.472. The van der Waals surface area contributed by atoms with Gasteiger partial charge in [-0.3, -0.25) is 9.97 Å². The lowest BCUT2D eigenvalue weighted by Crippen LogP contribution is -1.95. The number of nitrogens with zero attached hydrogens (tertiary/aromatic N) is 2. The van der Waals surface area contributed by atoms with Crippen molar-refractivity contribution in [3.8, 4) is 33.6 Å². The maximum atomic E-state index is 13.4. The van der Waals surface area contributed by atoms with Crippen LogP contribution in [-0.2, 0) is 0 Å². The summed E-state index contributed by atoms with van der Waals surface area (Å²) >= 11 is 0. The second kappa shape index (κ2) is 6.84. The van der Waals surface area contributed by atoms with Crippen molar-refractivity contribution in [2.45, 2.75) is 0 Å². The molecule has 0 saturated carbocycles. The van der Waals surface area contributed by atoms with Crippen LogP contribution in [0.25, 0.3) is 33.6 Å². The van der Waals surface area contributed by atoms with E-state index in [-0.39, 0.29) is 11.6 Å². The standard InChI is InChI=1S/C22H14F2N2/c23-17-8-4-15(5-9-17)19-12-14-26-22(20-3-1-2-13-25-20)21(19)16-6-10-18(24)11-7-16/h1-14H. The molecule has 2 aromatic carbocycles. The molecule has 0 saturated heterocycles. The number of halogens is 2. The van der Waals surface area contributed by atoms with Crippen LogP contribution in [-0.4, -0.2) is 9.97 Å². The van der Waals surface area contributed by atoms with Crippen LogP contribution in [0.15, 0.2) is 85.2 Å². The van der Waals surface area contributed by atoms with Gasteiger partial charge in [-0.15, -0.1) is 0 Å². The molecule has 26 heavy (non-hydrogen) atoms. The van der Waals surface area contributed by atoms with Crippen LogP contribution in [0, 0.1) is 11.6 Å². The van der Waals surface area contributed by atoms with Crippen molar-refractivity contribution in [2.24, 2.45) is 0 Å². The fraction of sp³-hybridized carbons (Fsp3) is 0. The highest BCUT2D eigenvalue weighted by Gasteiger charge is 2.16.